The van der Waals surface area contributed by atoms with E-state index in [0.717, 1.165) is 41.7 Å². The van der Waals surface area contributed by atoms with E-state index < -0.39 is 16.9 Å². The molecule has 1 amide bonds. The van der Waals surface area contributed by atoms with Crippen LogP contribution in [0, 0.1) is 16.0 Å². The summed E-state index contributed by atoms with van der Waals surface area (Å²) in [7, 11) is 0. The molecule has 0 N–H and O–H groups in total. The number of rotatable bonds is 4. The Balaban J connectivity index is 1.60. The summed E-state index contributed by atoms with van der Waals surface area (Å²) in [6, 6.07) is 18.3. The highest BCUT2D eigenvalue weighted by molar-refractivity contribution is 6.34. The Morgan fingerprint density at radius 1 is 1.00 bits per heavy atom. The molecule has 0 saturated heterocycles. The first kappa shape index (κ1) is 24.5. The number of non-ortho nitro benzene ring substituents is 1. The van der Waals surface area contributed by atoms with Crippen molar-refractivity contribution in [3.63, 3.8) is 0 Å². The molecule has 1 aliphatic heterocycles. The van der Waals surface area contributed by atoms with Gasteiger partial charge in [-0.2, -0.15) is 5.10 Å². The zero-order valence-corrected chi connectivity index (χ0v) is 21.2. The van der Waals surface area contributed by atoms with Crippen LogP contribution in [0.15, 0.2) is 77.4 Å². The molecule has 1 heterocycles. The Morgan fingerprint density at radius 2 is 1.67 bits per heavy atom. The molecule has 5 rings (SSSR count). The number of benzene rings is 3. The Kier molecular flexibility index (Phi) is 6.84. The molecule has 0 radical (unpaired) electrons. The first-order valence-corrected chi connectivity index (χ1v) is 12.5. The van der Waals surface area contributed by atoms with Crippen LogP contribution in [-0.2, 0) is 0 Å². The first-order valence-electron chi connectivity index (χ1n) is 11.4. The van der Waals surface area contributed by atoms with Crippen molar-refractivity contribution in [1.29, 1.82) is 0 Å². The van der Waals surface area contributed by atoms with E-state index in [9.17, 15) is 14.9 Å². The van der Waals surface area contributed by atoms with Gasteiger partial charge in [-0.1, -0.05) is 59.1 Å². The highest BCUT2D eigenvalue weighted by Crippen LogP contribution is 2.45. The molecule has 0 spiro atoms. The van der Waals surface area contributed by atoms with Gasteiger partial charge >= 0.3 is 0 Å². The number of carbonyl (C=O) groups excluding carboxylic acids is 1. The molecular formula is C27H20Cl3N3O3. The Morgan fingerprint density at radius 3 is 2.33 bits per heavy atom. The molecule has 182 valence electrons. The van der Waals surface area contributed by atoms with E-state index in [0.29, 0.717) is 10.0 Å². The van der Waals surface area contributed by atoms with Crippen LogP contribution in [-0.4, -0.2) is 21.6 Å². The minimum atomic E-state index is -0.549. The fourth-order valence-corrected chi connectivity index (χ4v) is 5.29. The summed E-state index contributed by atoms with van der Waals surface area (Å²) in [6.45, 7) is 0. The average Bonchev–Trinajstić information content (AvgIpc) is 3.26. The number of amides is 1. The largest absolute Gasteiger partial charge is 0.276 e. The Bertz CT molecular complexity index is 1400. The first-order chi connectivity index (χ1) is 17.3. The number of hydrogen-bond acceptors (Lipinski definition) is 4. The number of allylic oxidation sites excluding steroid dienone is 1. The van der Waals surface area contributed by atoms with Crippen LogP contribution in [0.5, 0.6) is 0 Å². The third-order valence-electron chi connectivity index (χ3n) is 6.52. The number of nitrogens with zero attached hydrogens (tertiary/aromatic N) is 3. The highest BCUT2D eigenvalue weighted by atomic mass is 35.5. The lowest BCUT2D eigenvalue weighted by Gasteiger charge is -2.29. The van der Waals surface area contributed by atoms with Gasteiger partial charge in [0.05, 0.1) is 27.3 Å². The fraction of sp³-hybridized carbons (Fsp3) is 0.185. The van der Waals surface area contributed by atoms with Crippen molar-refractivity contribution in [2.45, 2.75) is 25.3 Å². The molecule has 0 unspecified atom stereocenters. The SMILES string of the molecule is O=C(c1cc([N+](=O)[O-])ccc1Cl)N1N=C2/C(=C\c3ccc(Cl)cc3)CCC[C@H]2[C@H]1c1ccc(Cl)cc1. The van der Waals surface area contributed by atoms with Gasteiger partial charge in [-0.15, -0.1) is 0 Å². The monoisotopic (exact) mass is 539 g/mol. The third-order valence-corrected chi connectivity index (χ3v) is 7.36. The Labute approximate surface area is 222 Å². The summed E-state index contributed by atoms with van der Waals surface area (Å²) in [5.74, 6) is -0.531. The molecule has 0 bridgehead atoms. The van der Waals surface area contributed by atoms with E-state index >= 15 is 0 Å². The van der Waals surface area contributed by atoms with Gasteiger partial charge in [0.15, 0.2) is 0 Å². The van der Waals surface area contributed by atoms with E-state index in [1.54, 1.807) is 12.1 Å². The van der Waals surface area contributed by atoms with Crippen molar-refractivity contribution in [2.75, 3.05) is 0 Å². The normalized spacial score (nSPS) is 20.2. The number of halogens is 3. The molecule has 9 heteroatoms. The maximum atomic E-state index is 13.8. The minimum Gasteiger partial charge on any atom is -0.267 e. The molecule has 1 fully saturated rings. The summed E-state index contributed by atoms with van der Waals surface area (Å²) in [5, 5.41) is 19.0. The molecular weight excluding hydrogens is 521 g/mol. The quantitative estimate of drug-likeness (QED) is 0.248. The molecule has 3 aromatic rings. The van der Waals surface area contributed by atoms with Crippen LogP contribution in [0.4, 0.5) is 5.69 Å². The molecule has 1 saturated carbocycles. The van der Waals surface area contributed by atoms with Gasteiger partial charge in [0, 0.05) is 28.1 Å². The molecule has 1 aliphatic carbocycles. The second kappa shape index (κ2) is 10.1. The van der Waals surface area contributed by atoms with Crippen LogP contribution in [0.25, 0.3) is 6.08 Å². The number of hydrazone groups is 1. The average molecular weight is 541 g/mol. The van der Waals surface area contributed by atoms with Crippen LogP contribution >= 0.6 is 34.8 Å². The summed E-state index contributed by atoms with van der Waals surface area (Å²) < 4.78 is 0. The van der Waals surface area contributed by atoms with E-state index in [4.69, 9.17) is 39.9 Å². The van der Waals surface area contributed by atoms with Gasteiger partial charge in [0.2, 0.25) is 0 Å². The molecule has 2 aliphatic rings. The maximum absolute atomic E-state index is 13.8. The second-order valence-electron chi connectivity index (χ2n) is 8.77. The molecule has 2 atom stereocenters. The number of fused-ring (bicyclic) bond motifs is 1. The lowest BCUT2D eigenvalue weighted by atomic mass is 9.77. The van der Waals surface area contributed by atoms with Gasteiger partial charge < -0.3 is 0 Å². The zero-order chi connectivity index (χ0) is 25.4. The summed E-state index contributed by atoms with van der Waals surface area (Å²) >= 11 is 18.5. The van der Waals surface area contributed by atoms with Crippen molar-refractivity contribution in [1.82, 2.24) is 5.01 Å². The van der Waals surface area contributed by atoms with Crippen LogP contribution < -0.4 is 0 Å². The van der Waals surface area contributed by atoms with Crippen LogP contribution in [0.2, 0.25) is 15.1 Å². The maximum Gasteiger partial charge on any atom is 0.276 e. The van der Waals surface area contributed by atoms with Crippen molar-refractivity contribution >= 4 is 58.2 Å². The van der Waals surface area contributed by atoms with E-state index in [-0.39, 0.29) is 22.2 Å². The van der Waals surface area contributed by atoms with Gasteiger partial charge in [0.1, 0.15) is 0 Å². The van der Waals surface area contributed by atoms with Crippen molar-refractivity contribution in [3.05, 3.63) is 114 Å². The lowest BCUT2D eigenvalue weighted by molar-refractivity contribution is -0.384. The summed E-state index contributed by atoms with van der Waals surface area (Å²) in [6.07, 6.45) is 4.68. The zero-order valence-electron chi connectivity index (χ0n) is 18.9. The predicted molar refractivity (Wildman–Crippen MR) is 143 cm³/mol. The molecule has 36 heavy (non-hydrogen) atoms. The van der Waals surface area contributed by atoms with E-state index in [2.05, 4.69) is 6.08 Å². The number of nitro groups is 1. The third kappa shape index (κ3) is 4.76. The van der Waals surface area contributed by atoms with Crippen LogP contribution in [0.3, 0.4) is 0 Å². The van der Waals surface area contributed by atoms with Crippen molar-refractivity contribution < 1.29 is 9.72 Å². The predicted octanol–water partition coefficient (Wildman–Crippen LogP) is 7.99. The second-order valence-corrected chi connectivity index (χ2v) is 10.1. The molecule has 6 nitrogen and oxygen atoms in total. The summed E-state index contributed by atoms with van der Waals surface area (Å²) in [4.78, 5) is 24.6. The lowest BCUT2D eigenvalue weighted by Crippen LogP contribution is -2.32. The molecule has 0 aromatic heterocycles. The number of hydrogen-bond donors (Lipinski definition) is 0. The standard InChI is InChI=1S/C27H20Cl3N3O3/c28-19-8-4-16(5-9-19)14-18-2-1-3-22-25(18)31-32(26(22)17-6-10-20(29)11-7-17)27(34)23-15-21(33(35)36)12-13-24(23)30/h4-15,22,26H,1-3H2/b18-14-/t22-,26-/m1/s1. The van der Waals surface area contributed by atoms with E-state index in [1.807, 2.05) is 36.4 Å². The number of carbonyl (C=O) groups is 1. The van der Waals surface area contributed by atoms with Gasteiger partial charge in [-0.3, -0.25) is 14.9 Å². The number of nitro benzene ring substituents is 1. The Hall–Kier alpha value is -3.19. The van der Waals surface area contributed by atoms with E-state index in [1.165, 1.54) is 23.2 Å². The highest BCUT2D eigenvalue weighted by Gasteiger charge is 2.44. The minimum absolute atomic E-state index is 0.0380. The smallest absolute Gasteiger partial charge is 0.267 e. The summed E-state index contributed by atoms with van der Waals surface area (Å²) in [5.41, 5.74) is 3.59. The van der Waals surface area contributed by atoms with Gasteiger partial charge in [-0.25, -0.2) is 5.01 Å². The molecule has 3 aromatic carbocycles. The van der Waals surface area contributed by atoms with Gasteiger partial charge in [0.25, 0.3) is 11.6 Å². The fourth-order valence-electron chi connectivity index (χ4n) is 4.84. The van der Waals surface area contributed by atoms with Gasteiger partial charge in [-0.05, 0) is 72.4 Å². The van der Waals surface area contributed by atoms with Crippen LogP contribution in [0.1, 0.15) is 46.8 Å². The van der Waals surface area contributed by atoms with Crippen molar-refractivity contribution in [2.24, 2.45) is 11.0 Å². The van der Waals surface area contributed by atoms with Crippen molar-refractivity contribution in [3.8, 4) is 0 Å². The topological polar surface area (TPSA) is 75.8 Å².